The summed E-state index contributed by atoms with van der Waals surface area (Å²) in [6.45, 7) is 13.3. The van der Waals surface area contributed by atoms with Crippen LogP contribution in [-0.4, -0.2) is 56.8 Å². The third-order valence-corrected chi connectivity index (χ3v) is 4.61. The van der Waals surface area contributed by atoms with Gasteiger partial charge in [-0.25, -0.2) is 19.6 Å². The summed E-state index contributed by atoms with van der Waals surface area (Å²) >= 11 is 1.03. The maximum atomic E-state index is 12.7. The number of rotatable bonds is 7. The molecule has 1 unspecified atom stereocenters. The summed E-state index contributed by atoms with van der Waals surface area (Å²) < 4.78 is 15.7. The number of esters is 1. The number of hydrogen-bond acceptors (Lipinski definition) is 10. The lowest BCUT2D eigenvalue weighted by Gasteiger charge is -2.27. The lowest BCUT2D eigenvalue weighted by molar-refractivity contribution is -0.147. The first kappa shape index (κ1) is 28.3. The fraction of sp³-hybridized carbons (Fsp3) is 0.636. The number of thioether (sulfide) groups is 1. The van der Waals surface area contributed by atoms with Crippen LogP contribution in [0.4, 0.5) is 15.5 Å². The molecule has 10 nitrogen and oxygen atoms in total. The predicted octanol–water partition coefficient (Wildman–Crippen LogP) is 4.15. The lowest BCUT2D eigenvalue weighted by atomic mass is 10.0. The van der Waals surface area contributed by atoms with Crippen LogP contribution in [0.15, 0.2) is 12.4 Å². The van der Waals surface area contributed by atoms with Crippen LogP contribution in [0.2, 0.25) is 0 Å². The molecule has 0 aliphatic carbocycles. The van der Waals surface area contributed by atoms with Gasteiger partial charge in [-0.05, 0) is 60.5 Å². The Balaban J connectivity index is 3.15. The van der Waals surface area contributed by atoms with Crippen molar-refractivity contribution in [2.45, 2.75) is 73.0 Å². The van der Waals surface area contributed by atoms with Crippen LogP contribution in [0.1, 0.15) is 61.0 Å². The quantitative estimate of drug-likeness (QED) is 0.412. The first-order chi connectivity index (χ1) is 15.1. The van der Waals surface area contributed by atoms with Crippen molar-refractivity contribution in [1.29, 1.82) is 0 Å². The maximum Gasteiger partial charge on any atom is 0.427 e. The van der Waals surface area contributed by atoms with Crippen molar-refractivity contribution in [3.05, 3.63) is 18.0 Å². The second kappa shape index (κ2) is 12.0. The molecule has 1 rings (SSSR count). The molecular formula is C22H33N3O7S. The third kappa shape index (κ3) is 10.6. The largest absolute Gasteiger partial charge is 0.466 e. The minimum absolute atomic E-state index is 0.110. The van der Waals surface area contributed by atoms with Gasteiger partial charge in [-0.1, -0.05) is 11.8 Å². The minimum Gasteiger partial charge on any atom is -0.466 e. The summed E-state index contributed by atoms with van der Waals surface area (Å²) in [5, 5.41) is -0.110. The topological polar surface area (TPSA) is 125 Å². The maximum absolute atomic E-state index is 12.7. The highest BCUT2D eigenvalue weighted by Crippen LogP contribution is 2.20. The predicted molar refractivity (Wildman–Crippen MR) is 124 cm³/mol. The first-order valence-electron chi connectivity index (χ1n) is 10.5. The first-order valence-corrected chi connectivity index (χ1v) is 11.5. The molecule has 184 valence electrons. The number of carbonyl (C=O) groups is 4. The molecule has 0 aliphatic heterocycles. The van der Waals surface area contributed by atoms with E-state index in [0.717, 1.165) is 11.8 Å². The fourth-order valence-electron chi connectivity index (χ4n) is 2.39. The minimum atomic E-state index is -0.980. The molecule has 1 atom stereocenters. The van der Waals surface area contributed by atoms with Crippen LogP contribution < -0.4 is 4.90 Å². The van der Waals surface area contributed by atoms with E-state index in [-0.39, 0.29) is 29.8 Å². The Morgan fingerprint density at radius 2 is 1.45 bits per heavy atom. The van der Waals surface area contributed by atoms with Gasteiger partial charge in [0.05, 0.1) is 12.5 Å². The van der Waals surface area contributed by atoms with Gasteiger partial charge in [-0.2, -0.15) is 0 Å². The van der Waals surface area contributed by atoms with Crippen molar-refractivity contribution in [2.24, 2.45) is 5.92 Å². The summed E-state index contributed by atoms with van der Waals surface area (Å²) in [4.78, 5) is 57.8. The van der Waals surface area contributed by atoms with Crippen molar-refractivity contribution >= 4 is 41.0 Å². The highest BCUT2D eigenvalue weighted by atomic mass is 32.2. The SMILES string of the molecule is CCOC(=O)C(CSC(C)=O)Cc1cnc(N(C(=O)OC(C)(C)C)C(=O)OC(C)(C)C)nc1. The normalized spacial score (nSPS) is 12.5. The zero-order valence-corrected chi connectivity index (χ0v) is 21.3. The van der Waals surface area contributed by atoms with Gasteiger partial charge in [-0.3, -0.25) is 9.59 Å². The lowest BCUT2D eigenvalue weighted by Crippen LogP contribution is -2.44. The zero-order valence-electron chi connectivity index (χ0n) is 20.5. The van der Waals surface area contributed by atoms with Gasteiger partial charge in [0.2, 0.25) is 5.95 Å². The van der Waals surface area contributed by atoms with Crippen LogP contribution >= 0.6 is 11.8 Å². The average Bonchev–Trinajstić information content (AvgIpc) is 2.63. The number of amides is 2. The average molecular weight is 484 g/mol. The Kier molecular flexibility index (Phi) is 10.3. The summed E-state index contributed by atoms with van der Waals surface area (Å²) in [6, 6.07) is 0. The van der Waals surface area contributed by atoms with Crippen molar-refractivity contribution in [1.82, 2.24) is 9.97 Å². The van der Waals surface area contributed by atoms with Gasteiger partial charge in [0.1, 0.15) is 11.2 Å². The summed E-state index contributed by atoms with van der Waals surface area (Å²) in [5.41, 5.74) is -1.16. The van der Waals surface area contributed by atoms with Crippen LogP contribution in [0.5, 0.6) is 0 Å². The second-order valence-corrected chi connectivity index (χ2v) is 10.3. The highest BCUT2D eigenvalue weighted by molar-refractivity contribution is 8.13. The molecule has 0 saturated carbocycles. The number of aromatic nitrogens is 2. The summed E-state index contributed by atoms with van der Waals surface area (Å²) in [6.07, 6.45) is 1.06. The van der Waals surface area contributed by atoms with E-state index in [0.29, 0.717) is 10.5 Å². The number of ether oxygens (including phenoxy) is 3. The molecule has 0 bridgehead atoms. The molecule has 0 N–H and O–H groups in total. The zero-order chi connectivity index (χ0) is 25.4. The number of carbonyl (C=O) groups excluding carboxylic acids is 4. The molecule has 1 aromatic rings. The van der Waals surface area contributed by atoms with E-state index < -0.39 is 35.3 Å². The van der Waals surface area contributed by atoms with Crippen molar-refractivity contribution in [3.63, 3.8) is 0 Å². The molecule has 2 amide bonds. The van der Waals surface area contributed by atoms with E-state index in [1.165, 1.54) is 19.3 Å². The van der Waals surface area contributed by atoms with Crippen LogP contribution in [0, 0.1) is 5.92 Å². The Bertz CT molecular complexity index is 817. The number of anilines is 1. The monoisotopic (exact) mass is 483 g/mol. The van der Waals surface area contributed by atoms with Gasteiger partial charge in [0.15, 0.2) is 5.12 Å². The van der Waals surface area contributed by atoms with Gasteiger partial charge >= 0.3 is 18.2 Å². The van der Waals surface area contributed by atoms with E-state index in [9.17, 15) is 19.2 Å². The second-order valence-electron chi connectivity index (χ2n) is 9.14. The summed E-state index contributed by atoms with van der Waals surface area (Å²) in [5.74, 6) is -0.994. The molecule has 0 saturated heterocycles. The molecule has 0 spiro atoms. The molecule has 11 heteroatoms. The fourth-order valence-corrected chi connectivity index (χ4v) is 3.08. The van der Waals surface area contributed by atoms with Crippen molar-refractivity contribution in [2.75, 3.05) is 17.3 Å². The van der Waals surface area contributed by atoms with Crippen LogP contribution in [-0.2, 0) is 30.2 Å². The van der Waals surface area contributed by atoms with Crippen LogP contribution in [0.3, 0.4) is 0 Å². The highest BCUT2D eigenvalue weighted by Gasteiger charge is 2.34. The molecule has 0 aromatic carbocycles. The third-order valence-electron chi connectivity index (χ3n) is 3.63. The summed E-state index contributed by atoms with van der Waals surface area (Å²) in [7, 11) is 0. The van der Waals surface area contributed by atoms with E-state index >= 15 is 0 Å². The molecule has 33 heavy (non-hydrogen) atoms. The van der Waals surface area contributed by atoms with Gasteiger partial charge in [-0.15, -0.1) is 4.90 Å². The molecule has 0 fully saturated rings. The van der Waals surface area contributed by atoms with Crippen molar-refractivity contribution < 1.29 is 33.4 Å². The Hall–Kier alpha value is -2.69. The number of imide groups is 1. The number of nitrogens with zero attached hydrogens (tertiary/aromatic N) is 3. The van der Waals surface area contributed by atoms with E-state index in [4.69, 9.17) is 14.2 Å². The van der Waals surface area contributed by atoms with Crippen LogP contribution in [0.25, 0.3) is 0 Å². The Morgan fingerprint density at radius 1 is 0.970 bits per heavy atom. The standard InChI is InChI=1S/C22H33N3O7S/c1-9-30-17(27)16(13-33-14(2)26)10-15-11-23-18(24-12-15)25(19(28)31-21(3,4)5)20(29)32-22(6,7)8/h11-12,16H,9-10,13H2,1-8H3. The van der Waals surface area contributed by atoms with Gasteiger partial charge < -0.3 is 14.2 Å². The Labute approximate surface area is 198 Å². The van der Waals surface area contributed by atoms with E-state index in [2.05, 4.69) is 9.97 Å². The van der Waals surface area contributed by atoms with Crippen molar-refractivity contribution in [3.8, 4) is 0 Å². The molecule has 1 heterocycles. The van der Waals surface area contributed by atoms with Gasteiger partial charge in [0, 0.05) is 25.1 Å². The molecule has 0 radical (unpaired) electrons. The van der Waals surface area contributed by atoms with E-state index in [1.807, 2.05) is 0 Å². The molecular weight excluding hydrogens is 450 g/mol. The van der Waals surface area contributed by atoms with E-state index in [1.54, 1.807) is 48.5 Å². The molecule has 1 aromatic heterocycles. The number of hydrogen-bond donors (Lipinski definition) is 0. The Morgan fingerprint density at radius 3 is 1.85 bits per heavy atom. The van der Waals surface area contributed by atoms with Gasteiger partial charge in [0.25, 0.3) is 0 Å². The smallest absolute Gasteiger partial charge is 0.427 e. The molecule has 0 aliphatic rings.